The number of hydrogen-bond donors (Lipinski definition) is 0. The summed E-state index contributed by atoms with van der Waals surface area (Å²) in [7, 11) is 1.52. The third-order valence-electron chi connectivity index (χ3n) is 5.10. The van der Waals surface area contributed by atoms with Crippen LogP contribution in [0.1, 0.15) is 28.8 Å². The first kappa shape index (κ1) is 17.9. The van der Waals surface area contributed by atoms with Gasteiger partial charge in [0.2, 0.25) is 5.88 Å². The number of methoxy groups -OCH3 is 1. The Labute approximate surface area is 158 Å². The van der Waals surface area contributed by atoms with Crippen LogP contribution in [0.5, 0.6) is 5.88 Å². The molecule has 0 aromatic carbocycles. The highest BCUT2D eigenvalue weighted by atomic mass is 16.5. The third-order valence-corrected chi connectivity index (χ3v) is 5.10. The van der Waals surface area contributed by atoms with Gasteiger partial charge in [-0.2, -0.15) is 0 Å². The Morgan fingerprint density at radius 2 is 2.19 bits per heavy atom. The fraction of sp³-hybridized carbons (Fsp3) is 0.450. The summed E-state index contributed by atoms with van der Waals surface area (Å²) in [5, 5.41) is 0. The molecule has 4 rings (SSSR count). The SMILES string of the molecule is COc1ncccc1C(=O)N1CC2(C[C@H](OCc3cccnc3)CCO2)C1. The van der Waals surface area contributed by atoms with Gasteiger partial charge in [0.15, 0.2) is 0 Å². The maximum Gasteiger partial charge on any atom is 0.259 e. The van der Waals surface area contributed by atoms with Crippen molar-refractivity contribution in [3.63, 3.8) is 0 Å². The maximum atomic E-state index is 12.7. The van der Waals surface area contributed by atoms with Crippen LogP contribution in [0.25, 0.3) is 0 Å². The van der Waals surface area contributed by atoms with E-state index in [0.717, 1.165) is 18.4 Å². The lowest BCUT2D eigenvalue weighted by Gasteiger charge is -2.53. The number of nitrogens with zero attached hydrogens (tertiary/aromatic N) is 3. The number of carbonyl (C=O) groups excluding carboxylic acids is 1. The Balaban J connectivity index is 1.33. The van der Waals surface area contributed by atoms with Crippen molar-refractivity contribution in [2.75, 3.05) is 26.8 Å². The molecular weight excluding hydrogens is 346 g/mol. The van der Waals surface area contributed by atoms with Crippen LogP contribution in [0.15, 0.2) is 42.9 Å². The molecule has 1 spiro atoms. The van der Waals surface area contributed by atoms with Gasteiger partial charge in [-0.1, -0.05) is 6.07 Å². The van der Waals surface area contributed by atoms with E-state index in [2.05, 4.69) is 9.97 Å². The Kier molecular flexibility index (Phi) is 5.05. The highest BCUT2D eigenvalue weighted by Crippen LogP contribution is 2.36. The number of rotatable bonds is 5. The minimum atomic E-state index is -0.303. The quantitative estimate of drug-likeness (QED) is 0.803. The van der Waals surface area contributed by atoms with E-state index in [4.69, 9.17) is 14.2 Å². The van der Waals surface area contributed by atoms with Crippen LogP contribution in [0, 0.1) is 0 Å². The van der Waals surface area contributed by atoms with Gasteiger partial charge in [-0.05, 0) is 30.2 Å². The van der Waals surface area contributed by atoms with E-state index in [1.807, 2.05) is 18.3 Å². The van der Waals surface area contributed by atoms with E-state index in [1.165, 1.54) is 7.11 Å². The topological polar surface area (TPSA) is 73.8 Å². The van der Waals surface area contributed by atoms with Crippen molar-refractivity contribution in [1.29, 1.82) is 0 Å². The molecule has 0 N–H and O–H groups in total. The molecule has 4 heterocycles. The number of hydrogen-bond acceptors (Lipinski definition) is 6. The highest BCUT2D eigenvalue weighted by Gasteiger charge is 2.50. The van der Waals surface area contributed by atoms with E-state index in [1.54, 1.807) is 29.4 Å². The lowest BCUT2D eigenvalue weighted by Crippen LogP contribution is -2.67. The summed E-state index contributed by atoms with van der Waals surface area (Å²) in [6.45, 7) is 2.33. The molecule has 2 aliphatic rings. The number of aromatic nitrogens is 2. The van der Waals surface area contributed by atoms with Crippen molar-refractivity contribution in [3.8, 4) is 5.88 Å². The number of likely N-dealkylation sites (tertiary alicyclic amines) is 1. The second kappa shape index (κ2) is 7.62. The van der Waals surface area contributed by atoms with Crippen LogP contribution in [0.2, 0.25) is 0 Å². The predicted octanol–water partition coefficient (Wildman–Crippen LogP) is 2.08. The van der Waals surface area contributed by atoms with Gasteiger partial charge in [0.25, 0.3) is 5.91 Å². The Morgan fingerprint density at radius 1 is 1.33 bits per heavy atom. The largest absolute Gasteiger partial charge is 0.480 e. The fourth-order valence-corrected chi connectivity index (χ4v) is 3.72. The zero-order chi connectivity index (χ0) is 18.7. The van der Waals surface area contributed by atoms with Gasteiger partial charge < -0.3 is 19.1 Å². The van der Waals surface area contributed by atoms with Crippen LogP contribution >= 0.6 is 0 Å². The number of ether oxygens (including phenoxy) is 3. The molecule has 0 bridgehead atoms. The normalized spacial score (nSPS) is 20.9. The fourth-order valence-electron chi connectivity index (χ4n) is 3.72. The molecule has 2 fully saturated rings. The van der Waals surface area contributed by atoms with Crippen molar-refractivity contribution in [2.24, 2.45) is 0 Å². The number of amides is 1. The summed E-state index contributed by atoms with van der Waals surface area (Å²) >= 11 is 0. The summed E-state index contributed by atoms with van der Waals surface area (Å²) in [6.07, 6.45) is 6.98. The van der Waals surface area contributed by atoms with E-state index < -0.39 is 0 Å². The van der Waals surface area contributed by atoms with Crippen LogP contribution in [-0.4, -0.2) is 59.3 Å². The van der Waals surface area contributed by atoms with E-state index in [9.17, 15) is 4.79 Å². The highest BCUT2D eigenvalue weighted by molar-refractivity contribution is 5.97. The van der Waals surface area contributed by atoms with Gasteiger partial charge >= 0.3 is 0 Å². The average Bonchev–Trinajstić information content (AvgIpc) is 2.71. The second-order valence-corrected chi connectivity index (χ2v) is 7.04. The van der Waals surface area contributed by atoms with Crippen molar-refractivity contribution in [3.05, 3.63) is 54.0 Å². The van der Waals surface area contributed by atoms with Gasteiger partial charge in [-0.25, -0.2) is 4.98 Å². The molecule has 1 atom stereocenters. The molecule has 0 aliphatic carbocycles. The molecule has 7 nitrogen and oxygen atoms in total. The lowest BCUT2D eigenvalue weighted by atomic mass is 9.84. The predicted molar refractivity (Wildman–Crippen MR) is 97.4 cm³/mol. The van der Waals surface area contributed by atoms with Gasteiger partial charge in [0.05, 0.1) is 32.9 Å². The minimum absolute atomic E-state index is 0.0763. The first-order valence-corrected chi connectivity index (χ1v) is 9.12. The van der Waals surface area contributed by atoms with E-state index in [-0.39, 0.29) is 17.6 Å². The average molecular weight is 369 g/mol. The van der Waals surface area contributed by atoms with Crippen molar-refractivity contribution >= 4 is 5.91 Å². The third kappa shape index (κ3) is 3.79. The van der Waals surface area contributed by atoms with Gasteiger partial charge in [-0.3, -0.25) is 9.78 Å². The van der Waals surface area contributed by atoms with Crippen molar-refractivity contribution < 1.29 is 19.0 Å². The Bertz CT molecular complexity index is 793. The second-order valence-electron chi connectivity index (χ2n) is 7.04. The van der Waals surface area contributed by atoms with Crippen LogP contribution in [-0.2, 0) is 16.1 Å². The molecule has 2 aliphatic heterocycles. The molecule has 0 radical (unpaired) electrons. The lowest BCUT2D eigenvalue weighted by molar-refractivity contribution is -0.188. The summed E-state index contributed by atoms with van der Waals surface area (Å²) < 4.78 is 17.3. The van der Waals surface area contributed by atoms with Crippen LogP contribution in [0.3, 0.4) is 0 Å². The van der Waals surface area contributed by atoms with E-state index in [0.29, 0.717) is 37.7 Å². The van der Waals surface area contributed by atoms with Gasteiger partial charge in [0.1, 0.15) is 11.2 Å². The van der Waals surface area contributed by atoms with Gasteiger partial charge in [0, 0.05) is 31.6 Å². The van der Waals surface area contributed by atoms with E-state index >= 15 is 0 Å². The molecule has 0 unspecified atom stereocenters. The molecule has 1 amide bonds. The smallest absolute Gasteiger partial charge is 0.259 e. The zero-order valence-electron chi connectivity index (χ0n) is 15.3. The summed E-state index contributed by atoms with van der Waals surface area (Å²) in [6, 6.07) is 7.39. The van der Waals surface area contributed by atoms with Gasteiger partial charge in [-0.15, -0.1) is 0 Å². The van der Waals surface area contributed by atoms with Crippen molar-refractivity contribution in [2.45, 2.75) is 31.2 Å². The Hall–Kier alpha value is -2.51. The standard InChI is InChI=1S/C20H23N3O4/c1-25-18-17(5-3-8-22-18)19(24)23-13-20(14-23)10-16(6-9-27-20)26-12-15-4-2-7-21-11-15/h2-5,7-8,11,16H,6,9-10,12-14H2,1H3/t16-/m1/s1. The first-order valence-electron chi connectivity index (χ1n) is 9.12. The summed E-state index contributed by atoms with van der Waals surface area (Å²) in [5.74, 6) is 0.276. The molecule has 142 valence electrons. The molecule has 0 saturated carbocycles. The van der Waals surface area contributed by atoms with Crippen LogP contribution in [0.4, 0.5) is 0 Å². The Morgan fingerprint density at radius 3 is 2.96 bits per heavy atom. The molecule has 2 saturated heterocycles. The minimum Gasteiger partial charge on any atom is -0.480 e. The van der Waals surface area contributed by atoms with Crippen molar-refractivity contribution in [1.82, 2.24) is 14.9 Å². The number of carbonyl (C=O) groups is 1. The first-order chi connectivity index (χ1) is 13.2. The molecule has 2 aromatic rings. The monoisotopic (exact) mass is 369 g/mol. The van der Waals surface area contributed by atoms with Crippen LogP contribution < -0.4 is 4.74 Å². The molecule has 7 heteroatoms. The molecule has 27 heavy (non-hydrogen) atoms. The maximum absolute atomic E-state index is 12.7. The molecular formula is C20H23N3O4. The summed E-state index contributed by atoms with van der Waals surface area (Å²) in [4.78, 5) is 22.7. The summed E-state index contributed by atoms with van der Waals surface area (Å²) in [5.41, 5.74) is 1.24. The number of pyridine rings is 2. The zero-order valence-corrected chi connectivity index (χ0v) is 15.3. The molecule has 2 aromatic heterocycles.